The number of carboxylic acid groups (broad SMARTS) is 1. The van der Waals surface area contributed by atoms with Crippen LogP contribution in [0.15, 0.2) is 72.8 Å². The van der Waals surface area contributed by atoms with E-state index in [4.69, 9.17) is 0 Å². The number of hydrogen-bond donors (Lipinski definition) is 1. The average Bonchev–Trinajstić information content (AvgIpc) is 2.74. The summed E-state index contributed by atoms with van der Waals surface area (Å²) in [6.45, 7) is 0. The van der Waals surface area contributed by atoms with Crippen molar-refractivity contribution in [2.24, 2.45) is 0 Å². The summed E-state index contributed by atoms with van der Waals surface area (Å²) in [7, 11) is 0. The van der Waals surface area contributed by atoms with Crippen LogP contribution < -0.4 is 4.90 Å². The zero-order valence-electron chi connectivity index (χ0n) is 15.2. The van der Waals surface area contributed by atoms with E-state index in [1.807, 2.05) is 22.6 Å². The van der Waals surface area contributed by atoms with Crippen LogP contribution in [0.2, 0.25) is 0 Å². The molecule has 0 fully saturated rings. The lowest BCUT2D eigenvalue weighted by atomic mass is 10.0. The Morgan fingerprint density at radius 1 is 0.833 bits per heavy atom. The lowest BCUT2D eigenvalue weighted by molar-refractivity contribution is -0.384. The smallest absolute Gasteiger partial charge is 0.336 e. The van der Waals surface area contributed by atoms with E-state index in [-0.39, 0.29) is 28.1 Å². The van der Waals surface area contributed by atoms with Gasteiger partial charge in [0.2, 0.25) is 0 Å². The Labute approximate surface area is 184 Å². The van der Waals surface area contributed by atoms with Crippen molar-refractivity contribution >= 4 is 51.7 Å². The highest BCUT2D eigenvalue weighted by Crippen LogP contribution is 2.27. The van der Waals surface area contributed by atoms with Crippen LogP contribution in [0, 0.1) is 13.7 Å². The SMILES string of the molecule is O=C(O)c1ccccc1C(=O)N(C(=O)c1ccccc1I)c1cccc([N+](=O)[O-])c1. The van der Waals surface area contributed by atoms with E-state index in [2.05, 4.69) is 0 Å². The van der Waals surface area contributed by atoms with Gasteiger partial charge in [-0.05, 0) is 52.9 Å². The van der Waals surface area contributed by atoms with Gasteiger partial charge in [0.15, 0.2) is 0 Å². The summed E-state index contributed by atoms with van der Waals surface area (Å²) < 4.78 is 0.565. The molecule has 0 saturated heterocycles. The number of nitro groups is 1. The minimum atomic E-state index is -1.33. The second kappa shape index (κ2) is 8.82. The van der Waals surface area contributed by atoms with Gasteiger partial charge >= 0.3 is 5.97 Å². The Kier molecular flexibility index (Phi) is 6.21. The van der Waals surface area contributed by atoms with E-state index in [0.29, 0.717) is 3.57 Å². The van der Waals surface area contributed by atoms with Gasteiger partial charge in [-0.25, -0.2) is 9.69 Å². The highest BCUT2D eigenvalue weighted by molar-refractivity contribution is 14.1. The summed E-state index contributed by atoms with van der Waals surface area (Å²) in [5.74, 6) is -2.97. The average molecular weight is 516 g/mol. The van der Waals surface area contributed by atoms with Gasteiger partial charge in [0.05, 0.1) is 27.3 Å². The fourth-order valence-corrected chi connectivity index (χ4v) is 3.42. The molecule has 0 heterocycles. The van der Waals surface area contributed by atoms with Crippen molar-refractivity contribution in [3.8, 4) is 0 Å². The van der Waals surface area contributed by atoms with Crippen LogP contribution in [-0.2, 0) is 0 Å². The van der Waals surface area contributed by atoms with E-state index in [1.54, 1.807) is 18.2 Å². The van der Waals surface area contributed by atoms with Gasteiger partial charge in [-0.2, -0.15) is 0 Å². The van der Waals surface area contributed by atoms with Gasteiger partial charge in [-0.3, -0.25) is 19.7 Å². The number of aromatic carboxylic acids is 1. The van der Waals surface area contributed by atoms with Crippen molar-refractivity contribution in [3.63, 3.8) is 0 Å². The standard InChI is InChI=1S/C21H13IN2O6/c22-18-11-4-3-10-17(18)20(26)23(13-6-5-7-14(12-13)24(29)30)19(25)15-8-1-2-9-16(15)21(27)28/h1-12H,(H,27,28). The van der Waals surface area contributed by atoms with E-state index in [1.165, 1.54) is 48.5 Å². The molecule has 0 aliphatic rings. The van der Waals surface area contributed by atoms with E-state index < -0.39 is 22.7 Å². The number of nitrogens with zero attached hydrogens (tertiary/aromatic N) is 2. The molecule has 8 nitrogen and oxygen atoms in total. The first-order valence-electron chi connectivity index (χ1n) is 8.51. The van der Waals surface area contributed by atoms with Crippen LogP contribution in [-0.4, -0.2) is 27.8 Å². The predicted molar refractivity (Wildman–Crippen MR) is 117 cm³/mol. The Balaban J connectivity index is 2.20. The molecule has 0 radical (unpaired) electrons. The van der Waals surface area contributed by atoms with Crippen LogP contribution in [0.3, 0.4) is 0 Å². The number of carbonyl (C=O) groups is 3. The molecule has 2 amide bonds. The molecule has 0 aromatic heterocycles. The minimum absolute atomic E-state index is 0.0426. The van der Waals surface area contributed by atoms with E-state index in [0.717, 1.165) is 11.0 Å². The van der Waals surface area contributed by atoms with Crippen LogP contribution in [0.1, 0.15) is 31.1 Å². The summed E-state index contributed by atoms with van der Waals surface area (Å²) in [6, 6.07) is 17.1. The number of imide groups is 1. The van der Waals surface area contributed by atoms with Crippen LogP contribution in [0.25, 0.3) is 0 Å². The maximum absolute atomic E-state index is 13.3. The van der Waals surface area contributed by atoms with Gasteiger partial charge in [-0.15, -0.1) is 0 Å². The monoisotopic (exact) mass is 516 g/mol. The minimum Gasteiger partial charge on any atom is -0.478 e. The molecule has 0 aliphatic carbocycles. The fraction of sp³-hybridized carbons (Fsp3) is 0. The lowest BCUT2D eigenvalue weighted by Crippen LogP contribution is -2.38. The number of amides is 2. The number of benzene rings is 3. The van der Waals surface area contributed by atoms with Crippen molar-refractivity contribution < 1.29 is 24.4 Å². The first-order chi connectivity index (χ1) is 14.3. The van der Waals surface area contributed by atoms with Gasteiger partial charge in [0.1, 0.15) is 0 Å². The molecule has 1 N–H and O–H groups in total. The second-order valence-electron chi connectivity index (χ2n) is 6.05. The van der Waals surface area contributed by atoms with Gasteiger partial charge in [-0.1, -0.05) is 30.3 Å². The number of nitro benzene ring substituents is 1. The molecule has 9 heteroatoms. The predicted octanol–water partition coefficient (Wildman–Crippen LogP) is 4.38. The third-order valence-electron chi connectivity index (χ3n) is 4.20. The number of anilines is 1. The molecule has 0 unspecified atom stereocenters. The first-order valence-corrected chi connectivity index (χ1v) is 9.59. The second-order valence-corrected chi connectivity index (χ2v) is 7.22. The molecule has 150 valence electrons. The molecule has 0 atom stereocenters. The number of halogens is 1. The Morgan fingerprint density at radius 2 is 1.40 bits per heavy atom. The molecule has 3 aromatic carbocycles. The van der Waals surface area contributed by atoms with Crippen molar-refractivity contribution in [2.45, 2.75) is 0 Å². The van der Waals surface area contributed by atoms with Crippen LogP contribution >= 0.6 is 22.6 Å². The Hall–Kier alpha value is -3.60. The van der Waals surface area contributed by atoms with Crippen molar-refractivity contribution in [1.29, 1.82) is 0 Å². The van der Waals surface area contributed by atoms with Crippen molar-refractivity contribution in [2.75, 3.05) is 4.90 Å². The Bertz CT molecular complexity index is 1180. The number of rotatable bonds is 5. The highest BCUT2D eigenvalue weighted by Gasteiger charge is 2.30. The van der Waals surface area contributed by atoms with E-state index in [9.17, 15) is 29.6 Å². The molecule has 3 aromatic rings. The van der Waals surface area contributed by atoms with Gasteiger partial charge < -0.3 is 5.11 Å². The molecule has 0 aliphatic heterocycles. The molecule has 0 bridgehead atoms. The van der Waals surface area contributed by atoms with Gasteiger partial charge in [0.25, 0.3) is 17.5 Å². The Morgan fingerprint density at radius 3 is 2.00 bits per heavy atom. The molecule has 30 heavy (non-hydrogen) atoms. The summed E-state index contributed by atoms with van der Waals surface area (Å²) in [6.07, 6.45) is 0. The third kappa shape index (κ3) is 4.20. The topological polar surface area (TPSA) is 118 Å². The molecule has 0 spiro atoms. The summed E-state index contributed by atoms with van der Waals surface area (Å²) in [4.78, 5) is 49.6. The summed E-state index contributed by atoms with van der Waals surface area (Å²) in [5, 5.41) is 20.6. The number of non-ortho nitro benzene ring substituents is 1. The maximum Gasteiger partial charge on any atom is 0.336 e. The maximum atomic E-state index is 13.3. The fourth-order valence-electron chi connectivity index (χ4n) is 2.80. The molecular weight excluding hydrogens is 503 g/mol. The largest absolute Gasteiger partial charge is 0.478 e. The zero-order valence-corrected chi connectivity index (χ0v) is 17.3. The normalized spacial score (nSPS) is 10.3. The molecular formula is C21H13IN2O6. The zero-order chi connectivity index (χ0) is 21.8. The highest BCUT2D eigenvalue weighted by atomic mass is 127. The number of carboxylic acids is 1. The third-order valence-corrected chi connectivity index (χ3v) is 5.14. The van der Waals surface area contributed by atoms with Crippen LogP contribution in [0.5, 0.6) is 0 Å². The van der Waals surface area contributed by atoms with Crippen molar-refractivity contribution in [3.05, 3.63) is 103 Å². The summed E-state index contributed by atoms with van der Waals surface area (Å²) in [5.41, 5.74) is -0.651. The summed E-state index contributed by atoms with van der Waals surface area (Å²) >= 11 is 1.94. The lowest BCUT2D eigenvalue weighted by Gasteiger charge is -2.22. The first kappa shape index (κ1) is 21.1. The molecule has 0 saturated carbocycles. The van der Waals surface area contributed by atoms with Crippen LogP contribution in [0.4, 0.5) is 11.4 Å². The van der Waals surface area contributed by atoms with Crippen molar-refractivity contribution in [1.82, 2.24) is 0 Å². The molecule has 3 rings (SSSR count). The van der Waals surface area contributed by atoms with E-state index >= 15 is 0 Å². The quantitative estimate of drug-likeness (QED) is 0.233. The number of hydrogen-bond acceptors (Lipinski definition) is 5. The number of carbonyl (C=O) groups excluding carboxylic acids is 2. The van der Waals surface area contributed by atoms with Gasteiger partial charge in [0, 0.05) is 15.7 Å².